The summed E-state index contributed by atoms with van der Waals surface area (Å²) in [6, 6.07) is 8.38. The zero-order chi connectivity index (χ0) is 19.9. The summed E-state index contributed by atoms with van der Waals surface area (Å²) in [6.07, 6.45) is 1.26. The highest BCUT2D eigenvalue weighted by Crippen LogP contribution is 2.21. The third-order valence-corrected chi connectivity index (χ3v) is 5.90. The van der Waals surface area contributed by atoms with Crippen molar-refractivity contribution in [2.45, 2.75) is 32.7 Å². The van der Waals surface area contributed by atoms with Crippen molar-refractivity contribution >= 4 is 28.1 Å². The van der Waals surface area contributed by atoms with Crippen LogP contribution in [0.4, 0.5) is 10.8 Å². The number of aryl methyl sites for hydroxylation is 1. The number of rotatable bonds is 8. The number of nitrogens with zero attached hydrogens (tertiary/aromatic N) is 3. The molecule has 1 saturated heterocycles. The Hall–Kier alpha value is -1.96. The lowest BCUT2D eigenvalue weighted by atomic mass is 10.2. The van der Waals surface area contributed by atoms with E-state index >= 15 is 0 Å². The highest BCUT2D eigenvalue weighted by atomic mass is 32.1. The van der Waals surface area contributed by atoms with Crippen molar-refractivity contribution in [2.75, 3.05) is 45.1 Å². The smallest absolute Gasteiger partial charge is 0.226 e. The molecule has 1 amide bonds. The molecule has 152 valence electrons. The molecule has 7 heteroatoms. The summed E-state index contributed by atoms with van der Waals surface area (Å²) in [5.74, 6) is 0.0494. The Morgan fingerprint density at radius 2 is 2.07 bits per heavy atom. The topological polar surface area (TPSA) is 60.5 Å². The van der Waals surface area contributed by atoms with Crippen molar-refractivity contribution in [3.8, 4) is 0 Å². The van der Waals surface area contributed by atoms with Gasteiger partial charge in [0.1, 0.15) is 0 Å². The lowest BCUT2D eigenvalue weighted by molar-refractivity contribution is -0.121. The van der Waals surface area contributed by atoms with E-state index in [0.717, 1.165) is 55.7 Å². The van der Waals surface area contributed by atoms with E-state index in [9.17, 15) is 4.79 Å². The van der Waals surface area contributed by atoms with E-state index < -0.39 is 0 Å². The maximum absolute atomic E-state index is 12.5. The molecule has 2 aromatic rings. The molecule has 1 fully saturated rings. The quantitative estimate of drug-likeness (QED) is 0.712. The fraction of sp³-hybridized carbons (Fsp3) is 0.524. The molecular weight excluding hydrogens is 370 g/mol. The standard InChI is InChI=1S/C21H31N5OS/c1-4-17(14-26-10-8-25(3)9-11-26)22-20(27)13-19-15-28-21(24-19)23-18-7-5-6-16(2)12-18/h5-7,12,15,17H,4,8-11,13-14H2,1-3H3,(H,22,27)(H,23,24)/t17-/m0/s1. The summed E-state index contributed by atoms with van der Waals surface area (Å²) in [4.78, 5) is 21.9. The molecule has 1 aliphatic heterocycles. The number of aromatic nitrogens is 1. The van der Waals surface area contributed by atoms with Gasteiger partial charge in [0.15, 0.2) is 5.13 Å². The lowest BCUT2D eigenvalue weighted by Gasteiger charge is -2.34. The molecule has 1 atom stereocenters. The van der Waals surface area contributed by atoms with Crippen LogP contribution in [0.15, 0.2) is 29.6 Å². The third-order valence-electron chi connectivity index (χ3n) is 5.10. The van der Waals surface area contributed by atoms with Crippen molar-refractivity contribution in [3.63, 3.8) is 0 Å². The van der Waals surface area contributed by atoms with E-state index in [2.05, 4.69) is 58.4 Å². The summed E-state index contributed by atoms with van der Waals surface area (Å²) in [6.45, 7) is 9.46. The number of hydrogen-bond acceptors (Lipinski definition) is 6. The van der Waals surface area contributed by atoms with Crippen LogP contribution < -0.4 is 10.6 Å². The average Bonchev–Trinajstić information content (AvgIpc) is 3.09. The predicted octanol–water partition coefficient (Wildman–Crippen LogP) is 2.88. The number of piperazine rings is 1. The molecule has 6 nitrogen and oxygen atoms in total. The molecule has 3 rings (SSSR count). The van der Waals surface area contributed by atoms with Gasteiger partial charge in [-0.3, -0.25) is 9.69 Å². The van der Waals surface area contributed by atoms with Gasteiger partial charge in [0.25, 0.3) is 0 Å². The Morgan fingerprint density at radius 1 is 1.29 bits per heavy atom. The molecule has 28 heavy (non-hydrogen) atoms. The fourth-order valence-corrected chi connectivity index (χ4v) is 4.08. The van der Waals surface area contributed by atoms with Gasteiger partial charge in [0.2, 0.25) is 5.91 Å². The number of amides is 1. The summed E-state index contributed by atoms with van der Waals surface area (Å²) in [5, 5.41) is 9.28. The minimum atomic E-state index is 0.0494. The zero-order valence-corrected chi connectivity index (χ0v) is 17.9. The van der Waals surface area contributed by atoms with Gasteiger partial charge in [-0.1, -0.05) is 19.1 Å². The first-order chi connectivity index (χ1) is 13.5. The van der Waals surface area contributed by atoms with Crippen LogP contribution in [-0.2, 0) is 11.2 Å². The van der Waals surface area contributed by atoms with Crippen LogP contribution in [0.1, 0.15) is 24.6 Å². The Balaban J connectivity index is 1.48. The SMILES string of the molecule is CC[C@@H](CN1CCN(C)CC1)NC(=O)Cc1csc(Nc2cccc(C)c2)n1. The summed E-state index contributed by atoms with van der Waals surface area (Å²) < 4.78 is 0. The van der Waals surface area contributed by atoms with Gasteiger partial charge >= 0.3 is 0 Å². The number of nitrogens with one attached hydrogen (secondary N) is 2. The molecule has 1 aliphatic rings. The summed E-state index contributed by atoms with van der Waals surface area (Å²) >= 11 is 1.53. The first kappa shape index (κ1) is 20.8. The van der Waals surface area contributed by atoms with Crippen molar-refractivity contribution < 1.29 is 4.79 Å². The molecular formula is C21H31N5OS. The van der Waals surface area contributed by atoms with Crippen molar-refractivity contribution in [2.24, 2.45) is 0 Å². The molecule has 2 heterocycles. The first-order valence-corrected chi connectivity index (χ1v) is 10.9. The van der Waals surface area contributed by atoms with Gasteiger partial charge in [-0.25, -0.2) is 4.98 Å². The van der Waals surface area contributed by atoms with Gasteiger partial charge in [0, 0.05) is 49.8 Å². The highest BCUT2D eigenvalue weighted by Gasteiger charge is 2.19. The molecule has 0 unspecified atom stereocenters. The summed E-state index contributed by atoms with van der Waals surface area (Å²) in [5.41, 5.74) is 3.03. The molecule has 0 saturated carbocycles. The fourth-order valence-electron chi connectivity index (χ4n) is 3.35. The van der Waals surface area contributed by atoms with Crippen LogP contribution in [0.2, 0.25) is 0 Å². The molecule has 1 aromatic heterocycles. The van der Waals surface area contributed by atoms with E-state index in [1.165, 1.54) is 16.9 Å². The second-order valence-electron chi connectivity index (χ2n) is 7.59. The maximum Gasteiger partial charge on any atom is 0.226 e. The predicted molar refractivity (Wildman–Crippen MR) is 116 cm³/mol. The van der Waals surface area contributed by atoms with Crippen LogP contribution in [0.25, 0.3) is 0 Å². The van der Waals surface area contributed by atoms with E-state index in [-0.39, 0.29) is 11.9 Å². The first-order valence-electron chi connectivity index (χ1n) is 10.00. The van der Waals surface area contributed by atoms with Gasteiger partial charge in [0.05, 0.1) is 12.1 Å². The van der Waals surface area contributed by atoms with Gasteiger partial charge in [-0.05, 0) is 38.1 Å². The minimum absolute atomic E-state index is 0.0494. The van der Waals surface area contributed by atoms with Crippen molar-refractivity contribution in [1.29, 1.82) is 0 Å². The van der Waals surface area contributed by atoms with Crippen LogP contribution in [0, 0.1) is 6.92 Å². The molecule has 0 spiro atoms. The van der Waals surface area contributed by atoms with Crippen molar-refractivity contribution in [1.82, 2.24) is 20.1 Å². The molecule has 1 aromatic carbocycles. The number of anilines is 2. The third kappa shape index (κ3) is 6.29. The van der Waals surface area contributed by atoms with E-state index in [4.69, 9.17) is 0 Å². The molecule has 0 radical (unpaired) electrons. The van der Waals surface area contributed by atoms with Crippen LogP contribution in [0.5, 0.6) is 0 Å². The zero-order valence-electron chi connectivity index (χ0n) is 17.1. The second kappa shape index (κ2) is 10.0. The molecule has 0 bridgehead atoms. The van der Waals surface area contributed by atoms with Gasteiger partial charge in [-0.15, -0.1) is 11.3 Å². The average molecular weight is 402 g/mol. The number of likely N-dealkylation sites (N-methyl/N-ethyl adjacent to an activating group) is 1. The van der Waals surface area contributed by atoms with Gasteiger partial charge < -0.3 is 15.5 Å². The minimum Gasteiger partial charge on any atom is -0.352 e. The number of carbonyl (C=O) groups excluding carboxylic acids is 1. The molecule has 0 aliphatic carbocycles. The molecule has 2 N–H and O–H groups in total. The lowest BCUT2D eigenvalue weighted by Crippen LogP contribution is -2.50. The summed E-state index contributed by atoms with van der Waals surface area (Å²) in [7, 11) is 2.16. The van der Waals surface area contributed by atoms with Crippen molar-refractivity contribution in [3.05, 3.63) is 40.9 Å². The number of hydrogen-bond donors (Lipinski definition) is 2. The largest absolute Gasteiger partial charge is 0.352 e. The Labute approximate surface area is 172 Å². The number of thiazole rings is 1. The van der Waals surface area contributed by atoms with Crippen LogP contribution in [-0.4, -0.2) is 66.5 Å². The highest BCUT2D eigenvalue weighted by molar-refractivity contribution is 7.13. The van der Waals surface area contributed by atoms with Crippen LogP contribution >= 0.6 is 11.3 Å². The van der Waals surface area contributed by atoms with Crippen LogP contribution in [0.3, 0.4) is 0 Å². The Bertz CT molecular complexity index is 770. The number of carbonyl (C=O) groups is 1. The van der Waals surface area contributed by atoms with E-state index in [0.29, 0.717) is 6.42 Å². The normalized spacial score (nSPS) is 16.7. The Kier molecular flexibility index (Phi) is 7.42. The van der Waals surface area contributed by atoms with E-state index in [1.54, 1.807) is 0 Å². The maximum atomic E-state index is 12.5. The van der Waals surface area contributed by atoms with E-state index in [1.807, 2.05) is 17.5 Å². The second-order valence-corrected chi connectivity index (χ2v) is 8.45. The van der Waals surface area contributed by atoms with Gasteiger partial charge in [-0.2, -0.15) is 0 Å². The number of benzene rings is 1. The Morgan fingerprint density at radius 3 is 2.79 bits per heavy atom. The monoisotopic (exact) mass is 401 g/mol.